The third kappa shape index (κ3) is 6.22. The zero-order valence-electron chi connectivity index (χ0n) is 20.1. The molecular formula is C22H29Na2O8P. The summed E-state index contributed by atoms with van der Waals surface area (Å²) in [4.78, 5) is 32.9. The van der Waals surface area contributed by atoms with Gasteiger partial charge < -0.3 is 33.1 Å². The van der Waals surface area contributed by atoms with Gasteiger partial charge in [0.1, 0.15) is 6.10 Å². The zero-order valence-corrected chi connectivity index (χ0v) is 25.0. The largest absolute Gasteiger partial charge is 1.00 e. The van der Waals surface area contributed by atoms with E-state index in [2.05, 4.69) is 11.4 Å². The Bertz CT molecular complexity index is 907. The van der Waals surface area contributed by atoms with Crippen molar-refractivity contribution in [1.29, 1.82) is 0 Å². The van der Waals surface area contributed by atoms with E-state index in [9.17, 15) is 19.1 Å². The van der Waals surface area contributed by atoms with Gasteiger partial charge in [-0.1, -0.05) is 6.92 Å². The molecule has 0 radical (unpaired) electrons. The van der Waals surface area contributed by atoms with Crippen molar-refractivity contribution in [3.63, 3.8) is 0 Å². The minimum Gasteiger partial charge on any atom is -0.790 e. The standard InChI is InChI=1S/C22H31O8P.2Na/c1-13(23)30-21-7-6-18-16-5-4-14-10-20(28-12-29-31(24,25)26)19(27-3)11-17(14)15(16)8-9-22(18,21)2;;/h10-11,15-16,18,21H,4-9,12H2,1-3H3,(H2,24,25,26);;/q;2*+1/p-2/t15-,16+,18-,21-,22-;;/m0../s1. The van der Waals surface area contributed by atoms with Crippen LogP contribution < -0.4 is 78.4 Å². The van der Waals surface area contributed by atoms with Crippen molar-refractivity contribution in [3.8, 4) is 11.5 Å². The van der Waals surface area contributed by atoms with E-state index in [1.807, 2.05) is 12.1 Å². The summed E-state index contributed by atoms with van der Waals surface area (Å²) in [5, 5.41) is 0. The van der Waals surface area contributed by atoms with Gasteiger partial charge in [-0.25, -0.2) is 0 Å². The van der Waals surface area contributed by atoms with Crippen molar-refractivity contribution >= 4 is 13.8 Å². The van der Waals surface area contributed by atoms with Crippen LogP contribution in [0.25, 0.3) is 0 Å². The number of methoxy groups -OCH3 is 1. The Morgan fingerprint density at radius 2 is 1.88 bits per heavy atom. The molecule has 3 aliphatic carbocycles. The van der Waals surface area contributed by atoms with E-state index in [0.717, 1.165) is 44.1 Å². The number of esters is 1. The van der Waals surface area contributed by atoms with E-state index in [-0.39, 0.29) is 76.6 Å². The average molecular weight is 498 g/mol. The molecule has 0 unspecified atom stereocenters. The third-order valence-electron chi connectivity index (χ3n) is 7.66. The van der Waals surface area contributed by atoms with Gasteiger partial charge in [-0.2, -0.15) is 0 Å². The minimum atomic E-state index is -5.10. The number of hydrogen-bond donors (Lipinski definition) is 0. The molecule has 0 aromatic heterocycles. The molecule has 0 heterocycles. The molecule has 0 aliphatic heterocycles. The van der Waals surface area contributed by atoms with Crippen LogP contribution in [0, 0.1) is 17.3 Å². The van der Waals surface area contributed by atoms with Gasteiger partial charge in [0.2, 0.25) is 0 Å². The van der Waals surface area contributed by atoms with Gasteiger partial charge in [-0.3, -0.25) is 4.79 Å². The summed E-state index contributed by atoms with van der Waals surface area (Å²) in [7, 11) is -3.57. The maximum Gasteiger partial charge on any atom is 1.00 e. The first kappa shape index (κ1) is 29.6. The molecule has 3 aliphatic rings. The number of hydrogen-bond acceptors (Lipinski definition) is 8. The zero-order chi connectivity index (χ0) is 22.4. The maximum absolute atomic E-state index is 11.6. The van der Waals surface area contributed by atoms with Crippen LogP contribution in [0.2, 0.25) is 0 Å². The Kier molecular flexibility index (Phi) is 10.4. The van der Waals surface area contributed by atoms with Crippen LogP contribution in [-0.2, 0) is 25.0 Å². The molecule has 5 atom stereocenters. The number of fused-ring (bicyclic) bond motifs is 5. The Labute approximate surface area is 239 Å². The number of carbonyl (C=O) groups excluding carboxylic acids is 1. The number of ether oxygens (including phenoxy) is 3. The van der Waals surface area contributed by atoms with E-state index in [1.165, 1.54) is 19.6 Å². The van der Waals surface area contributed by atoms with Crippen molar-refractivity contribution < 1.29 is 97.0 Å². The monoisotopic (exact) mass is 498 g/mol. The number of benzene rings is 1. The van der Waals surface area contributed by atoms with Crippen LogP contribution in [0.5, 0.6) is 11.5 Å². The molecule has 2 saturated carbocycles. The summed E-state index contributed by atoms with van der Waals surface area (Å²) in [6.45, 7) is 3.10. The van der Waals surface area contributed by atoms with E-state index in [4.69, 9.17) is 14.2 Å². The van der Waals surface area contributed by atoms with Crippen LogP contribution in [0.1, 0.15) is 63.0 Å². The molecule has 0 bridgehead atoms. The molecule has 1 aromatic carbocycles. The predicted octanol–water partition coefficient (Wildman–Crippen LogP) is -3.33. The van der Waals surface area contributed by atoms with E-state index >= 15 is 0 Å². The second-order valence-electron chi connectivity index (χ2n) is 9.18. The van der Waals surface area contributed by atoms with E-state index < -0.39 is 14.6 Å². The summed E-state index contributed by atoms with van der Waals surface area (Å²) < 4.78 is 31.4. The van der Waals surface area contributed by atoms with Crippen LogP contribution in [-0.4, -0.2) is 26.0 Å². The fourth-order valence-electron chi connectivity index (χ4n) is 6.35. The first-order valence-electron chi connectivity index (χ1n) is 10.8. The molecule has 2 fully saturated rings. The number of aryl methyl sites for hydroxylation is 1. The maximum atomic E-state index is 11.6. The molecule has 0 spiro atoms. The van der Waals surface area contributed by atoms with Gasteiger partial charge in [0.25, 0.3) is 0 Å². The van der Waals surface area contributed by atoms with Crippen molar-refractivity contribution in [2.75, 3.05) is 13.9 Å². The van der Waals surface area contributed by atoms with Gasteiger partial charge in [0, 0.05) is 12.3 Å². The fourth-order valence-corrected chi connectivity index (χ4v) is 6.53. The number of carbonyl (C=O) groups is 1. The Hall–Kier alpha value is 0.400. The fraction of sp³-hybridized carbons (Fsp3) is 0.682. The smallest absolute Gasteiger partial charge is 0.790 e. The van der Waals surface area contributed by atoms with Crippen molar-refractivity contribution in [2.24, 2.45) is 17.3 Å². The van der Waals surface area contributed by atoms with E-state index in [0.29, 0.717) is 29.3 Å². The Balaban J connectivity index is 0.00000193. The second kappa shape index (κ2) is 11.6. The topological polar surface area (TPSA) is 117 Å². The third-order valence-corrected chi connectivity index (χ3v) is 8.08. The normalized spacial score (nSPS) is 30.0. The molecule has 0 N–H and O–H groups in total. The number of rotatable bonds is 6. The molecule has 172 valence electrons. The van der Waals surface area contributed by atoms with Gasteiger partial charge in [0.05, 0.1) is 14.9 Å². The Morgan fingerprint density at radius 1 is 1.15 bits per heavy atom. The van der Waals surface area contributed by atoms with Gasteiger partial charge in [0.15, 0.2) is 18.3 Å². The van der Waals surface area contributed by atoms with E-state index in [1.54, 1.807) is 0 Å². The van der Waals surface area contributed by atoms with Crippen molar-refractivity contribution in [3.05, 3.63) is 23.3 Å². The second-order valence-corrected chi connectivity index (χ2v) is 10.3. The quantitative estimate of drug-likeness (QED) is 0.173. The molecule has 0 saturated heterocycles. The van der Waals surface area contributed by atoms with Gasteiger partial charge >= 0.3 is 65.1 Å². The Morgan fingerprint density at radius 3 is 2.52 bits per heavy atom. The average Bonchev–Trinajstić information content (AvgIpc) is 3.02. The first-order valence-corrected chi connectivity index (χ1v) is 12.3. The molecule has 33 heavy (non-hydrogen) atoms. The summed E-state index contributed by atoms with van der Waals surface area (Å²) in [5.74, 6) is 2.10. The molecule has 0 amide bonds. The van der Waals surface area contributed by atoms with Crippen molar-refractivity contribution in [2.45, 2.75) is 64.4 Å². The van der Waals surface area contributed by atoms with Crippen LogP contribution in [0.3, 0.4) is 0 Å². The molecule has 4 rings (SSSR count). The molecular weight excluding hydrogens is 469 g/mol. The molecule has 1 aromatic rings. The predicted molar refractivity (Wildman–Crippen MR) is 107 cm³/mol. The van der Waals surface area contributed by atoms with Crippen LogP contribution in [0.4, 0.5) is 0 Å². The number of phosphoric ester groups is 1. The minimum absolute atomic E-state index is 0. The SMILES string of the molecule is COc1cc2c(cc1OCOP(=O)([O-])[O-])CC[C@@H]1[C@@H]2CC[C@]2(C)[C@@H](OC(C)=O)CC[C@@H]12.[Na+].[Na+]. The summed E-state index contributed by atoms with van der Waals surface area (Å²) in [6, 6.07) is 3.86. The number of phosphoric acid groups is 1. The molecule has 8 nitrogen and oxygen atoms in total. The summed E-state index contributed by atoms with van der Waals surface area (Å²) >= 11 is 0. The van der Waals surface area contributed by atoms with Crippen LogP contribution >= 0.6 is 7.82 Å². The van der Waals surface area contributed by atoms with Gasteiger partial charge in [-0.15, -0.1) is 0 Å². The van der Waals surface area contributed by atoms with Crippen molar-refractivity contribution in [1.82, 2.24) is 0 Å². The van der Waals surface area contributed by atoms with Crippen LogP contribution in [0.15, 0.2) is 12.1 Å². The summed E-state index contributed by atoms with van der Waals surface area (Å²) in [6.07, 6.45) is 5.95. The first-order chi connectivity index (χ1) is 14.6. The summed E-state index contributed by atoms with van der Waals surface area (Å²) in [5.41, 5.74) is 2.43. The molecule has 11 heteroatoms. The van der Waals surface area contributed by atoms with Gasteiger partial charge in [-0.05, 0) is 79.5 Å².